The largest absolute Gasteiger partial charge is 0.309 e. The fourth-order valence-electron chi connectivity index (χ4n) is 9.33. The number of fused-ring (bicyclic) bond motifs is 18. The maximum Gasteiger partial charge on any atom is 0.0626 e. The zero-order chi connectivity index (χ0) is 31.8. The first-order valence-electron chi connectivity index (χ1n) is 17.1. The molecule has 0 amide bonds. The Morgan fingerprint density at radius 1 is 0.265 bits per heavy atom. The van der Waals surface area contributed by atoms with Crippen molar-refractivity contribution in [2.75, 3.05) is 0 Å². The molecule has 0 saturated heterocycles. The third kappa shape index (κ3) is 3.16. The summed E-state index contributed by atoms with van der Waals surface area (Å²) in [5.41, 5.74) is 9.00. The summed E-state index contributed by atoms with van der Waals surface area (Å²) in [7, 11) is 0. The minimum atomic E-state index is 1.18. The molecule has 1 nitrogen and oxygen atoms in total. The molecule has 0 unspecified atom stereocenters. The molecule has 1 aromatic heterocycles. The highest BCUT2D eigenvalue weighted by atomic mass is 15.0. The lowest BCUT2D eigenvalue weighted by atomic mass is 9.93. The Hall–Kier alpha value is -6.44. The molecular weight excluding hydrogens is 591 g/mol. The van der Waals surface area contributed by atoms with Crippen molar-refractivity contribution in [1.82, 2.24) is 4.57 Å². The molecule has 224 valence electrons. The minimum absolute atomic E-state index is 1.18. The Labute approximate surface area is 281 Å². The molecule has 1 heteroatoms. The Morgan fingerprint density at radius 2 is 0.735 bits per heavy atom. The highest BCUT2D eigenvalue weighted by molar-refractivity contribution is 6.38. The van der Waals surface area contributed by atoms with E-state index < -0.39 is 0 Å². The van der Waals surface area contributed by atoms with Gasteiger partial charge in [-0.15, -0.1) is 0 Å². The normalized spacial score (nSPS) is 12.5. The number of hydrogen-bond donors (Lipinski definition) is 0. The van der Waals surface area contributed by atoms with Crippen molar-refractivity contribution in [3.63, 3.8) is 0 Å². The van der Waals surface area contributed by atoms with Crippen LogP contribution >= 0.6 is 0 Å². The van der Waals surface area contributed by atoms with Crippen LogP contribution in [0.1, 0.15) is 0 Å². The molecule has 0 radical (unpaired) electrons. The van der Waals surface area contributed by atoms with Crippen LogP contribution in [0, 0.1) is 0 Å². The van der Waals surface area contributed by atoms with E-state index in [0.29, 0.717) is 0 Å². The van der Waals surface area contributed by atoms with Crippen molar-refractivity contribution in [3.05, 3.63) is 164 Å². The summed E-state index contributed by atoms with van der Waals surface area (Å²) in [4.78, 5) is 0. The van der Waals surface area contributed by atoms with Crippen molar-refractivity contribution in [2.45, 2.75) is 0 Å². The molecule has 1 aliphatic carbocycles. The first-order valence-corrected chi connectivity index (χ1v) is 17.1. The number of aromatic nitrogens is 1. The second-order valence-electron chi connectivity index (χ2n) is 13.6. The van der Waals surface area contributed by atoms with Gasteiger partial charge in [-0.25, -0.2) is 0 Å². The molecule has 0 saturated carbocycles. The number of nitrogens with zero attached hydrogens (tertiary/aromatic N) is 1. The van der Waals surface area contributed by atoms with Gasteiger partial charge in [-0.05, 0) is 99.7 Å². The van der Waals surface area contributed by atoms with Gasteiger partial charge in [-0.1, -0.05) is 146 Å². The summed E-state index contributed by atoms with van der Waals surface area (Å²) in [5, 5.41) is 18.3. The maximum absolute atomic E-state index is 2.58. The van der Waals surface area contributed by atoms with Crippen molar-refractivity contribution in [1.29, 1.82) is 0 Å². The molecule has 0 N–H and O–H groups in total. The second-order valence-corrected chi connectivity index (χ2v) is 13.6. The second kappa shape index (κ2) is 9.13. The third-order valence-corrected chi connectivity index (χ3v) is 11.3. The zero-order valence-corrected chi connectivity index (χ0v) is 26.5. The van der Waals surface area contributed by atoms with Gasteiger partial charge in [-0.3, -0.25) is 0 Å². The van der Waals surface area contributed by atoms with Crippen molar-refractivity contribution in [3.8, 4) is 27.9 Å². The van der Waals surface area contributed by atoms with E-state index in [2.05, 4.69) is 168 Å². The molecule has 49 heavy (non-hydrogen) atoms. The number of benzene rings is 10. The van der Waals surface area contributed by atoms with E-state index in [-0.39, 0.29) is 0 Å². The summed E-state index contributed by atoms with van der Waals surface area (Å²) in [6.45, 7) is 0. The molecule has 11 aromatic rings. The lowest BCUT2D eigenvalue weighted by molar-refractivity contribution is 1.19. The maximum atomic E-state index is 2.58. The predicted molar refractivity (Wildman–Crippen MR) is 210 cm³/mol. The lowest BCUT2D eigenvalue weighted by Crippen LogP contribution is -1.96. The van der Waals surface area contributed by atoms with E-state index in [1.165, 1.54) is 114 Å². The van der Waals surface area contributed by atoms with E-state index in [4.69, 9.17) is 0 Å². The summed E-state index contributed by atoms with van der Waals surface area (Å²) >= 11 is 0. The smallest absolute Gasteiger partial charge is 0.0626 e. The molecule has 0 atom stereocenters. The van der Waals surface area contributed by atoms with Crippen molar-refractivity contribution < 1.29 is 0 Å². The van der Waals surface area contributed by atoms with Gasteiger partial charge >= 0.3 is 0 Å². The van der Waals surface area contributed by atoms with Gasteiger partial charge < -0.3 is 4.57 Å². The first-order chi connectivity index (χ1) is 24.3. The van der Waals surface area contributed by atoms with Crippen LogP contribution in [0.3, 0.4) is 0 Å². The molecular formula is C48H27N. The quantitative estimate of drug-likeness (QED) is 0.162. The Bertz CT molecular complexity index is 3230. The highest BCUT2D eigenvalue weighted by Gasteiger charge is 2.27. The third-order valence-electron chi connectivity index (χ3n) is 11.3. The standard InChI is InChI=1S/C48H27N/c1-2-14-31-29(12-1)30-13-3-5-18-35(30)42-26-28(24-25-37(31)42)49-44-27-43-36-19-6-4-16-33(36)38-22-11-23-41(45(38)43)46(44)47-39-20-9-7-15-32(39)34-17-8-10-21-40(34)48(47)49/h1-27H. The first kappa shape index (κ1) is 25.6. The fourth-order valence-corrected chi connectivity index (χ4v) is 9.33. The Balaban J connectivity index is 1.35. The molecule has 0 fully saturated rings. The fraction of sp³-hybridized carbons (Fsp3) is 0. The monoisotopic (exact) mass is 617 g/mol. The van der Waals surface area contributed by atoms with Crippen LogP contribution in [-0.2, 0) is 0 Å². The number of rotatable bonds is 1. The summed E-state index contributed by atoms with van der Waals surface area (Å²) < 4.78 is 2.58. The molecule has 0 spiro atoms. The topological polar surface area (TPSA) is 4.93 Å². The van der Waals surface area contributed by atoms with E-state index in [0.717, 1.165) is 0 Å². The molecule has 12 rings (SSSR count). The van der Waals surface area contributed by atoms with Crippen LogP contribution in [0.5, 0.6) is 0 Å². The summed E-state index contributed by atoms with van der Waals surface area (Å²) in [6, 6.07) is 61.2. The SMILES string of the molecule is c1ccc2c(c1)-c1cccc3c1c-2cc1c3c2c3ccccc3c3ccccc3c2n1-c1ccc2c3ccccc3c3ccccc3c2c1. The van der Waals surface area contributed by atoms with Gasteiger partial charge in [0.2, 0.25) is 0 Å². The Kier molecular flexibility index (Phi) is 4.77. The average Bonchev–Trinajstić information content (AvgIpc) is 3.70. The van der Waals surface area contributed by atoms with Crippen molar-refractivity contribution >= 4 is 86.4 Å². The predicted octanol–water partition coefficient (Wildman–Crippen LogP) is 13.4. The molecule has 1 heterocycles. The van der Waals surface area contributed by atoms with Gasteiger partial charge in [0.25, 0.3) is 0 Å². The van der Waals surface area contributed by atoms with Crippen LogP contribution in [-0.4, -0.2) is 4.57 Å². The van der Waals surface area contributed by atoms with Gasteiger partial charge in [0.15, 0.2) is 0 Å². The highest BCUT2D eigenvalue weighted by Crippen LogP contribution is 2.53. The Morgan fingerprint density at radius 3 is 1.41 bits per heavy atom. The van der Waals surface area contributed by atoms with E-state index in [9.17, 15) is 0 Å². The van der Waals surface area contributed by atoms with Crippen molar-refractivity contribution in [2.24, 2.45) is 0 Å². The number of hydrogen-bond acceptors (Lipinski definition) is 0. The van der Waals surface area contributed by atoms with Crippen LogP contribution in [0.15, 0.2) is 164 Å². The average molecular weight is 618 g/mol. The molecule has 1 aliphatic rings. The zero-order valence-electron chi connectivity index (χ0n) is 26.5. The van der Waals surface area contributed by atoms with Crippen LogP contribution in [0.25, 0.3) is 114 Å². The van der Waals surface area contributed by atoms with Crippen LogP contribution in [0.2, 0.25) is 0 Å². The molecule has 10 aromatic carbocycles. The summed E-state index contributed by atoms with van der Waals surface area (Å²) in [5.74, 6) is 0. The van der Waals surface area contributed by atoms with E-state index in [1.807, 2.05) is 0 Å². The van der Waals surface area contributed by atoms with Crippen LogP contribution in [0.4, 0.5) is 0 Å². The van der Waals surface area contributed by atoms with E-state index >= 15 is 0 Å². The van der Waals surface area contributed by atoms with Gasteiger partial charge in [0, 0.05) is 21.8 Å². The van der Waals surface area contributed by atoms with Crippen LogP contribution < -0.4 is 0 Å². The van der Waals surface area contributed by atoms with Gasteiger partial charge in [0.05, 0.1) is 11.0 Å². The van der Waals surface area contributed by atoms with Gasteiger partial charge in [-0.2, -0.15) is 0 Å². The summed E-state index contributed by atoms with van der Waals surface area (Å²) in [6.07, 6.45) is 0. The van der Waals surface area contributed by atoms with Gasteiger partial charge in [0.1, 0.15) is 0 Å². The molecule has 0 aliphatic heterocycles. The lowest BCUT2D eigenvalue weighted by Gasteiger charge is -2.15. The minimum Gasteiger partial charge on any atom is -0.309 e. The molecule has 0 bridgehead atoms. The van der Waals surface area contributed by atoms with E-state index in [1.54, 1.807) is 0 Å².